The predicted octanol–water partition coefficient (Wildman–Crippen LogP) is 4.64. The number of carbonyl (C=O) groups excluding carboxylic acids is 1. The molecule has 0 saturated heterocycles. The highest BCUT2D eigenvalue weighted by atomic mass is 35.5. The van der Waals surface area contributed by atoms with Crippen molar-refractivity contribution in [3.8, 4) is 0 Å². The van der Waals surface area contributed by atoms with Crippen LogP contribution in [0.15, 0.2) is 30.3 Å². The number of amides is 1. The number of fused-ring (bicyclic) bond motifs is 1. The van der Waals surface area contributed by atoms with Crippen LogP contribution in [0, 0.1) is 5.92 Å². The van der Waals surface area contributed by atoms with E-state index < -0.39 is 0 Å². The lowest BCUT2D eigenvalue weighted by atomic mass is 9.89. The number of nitrogens with zero attached hydrogens (tertiary/aromatic N) is 2. The summed E-state index contributed by atoms with van der Waals surface area (Å²) in [5.74, 6) is 0.358. The van der Waals surface area contributed by atoms with Gasteiger partial charge >= 0.3 is 0 Å². The van der Waals surface area contributed by atoms with Crippen molar-refractivity contribution in [3.63, 3.8) is 0 Å². The van der Waals surface area contributed by atoms with Gasteiger partial charge in [0.1, 0.15) is 0 Å². The molecule has 1 fully saturated rings. The summed E-state index contributed by atoms with van der Waals surface area (Å²) in [5.41, 5.74) is 2.52. The first-order valence-corrected chi connectivity index (χ1v) is 10.2. The van der Waals surface area contributed by atoms with Gasteiger partial charge in [-0.15, -0.1) is 23.7 Å². The Hall–Kier alpha value is -1.43. The SMILES string of the molecule is Cl.O=C(Nc1nc2c(s1)CN(Cc1ccccc1)CC2)C1CCCCC1. The van der Waals surface area contributed by atoms with E-state index in [9.17, 15) is 4.79 Å². The van der Waals surface area contributed by atoms with E-state index >= 15 is 0 Å². The van der Waals surface area contributed by atoms with Crippen molar-refractivity contribution < 1.29 is 4.79 Å². The minimum atomic E-state index is 0. The Morgan fingerprint density at radius 2 is 1.96 bits per heavy atom. The van der Waals surface area contributed by atoms with Crippen LogP contribution in [0.1, 0.15) is 48.2 Å². The van der Waals surface area contributed by atoms with Crippen molar-refractivity contribution in [1.82, 2.24) is 9.88 Å². The Labute approximate surface area is 165 Å². The molecular formula is C20H26ClN3OS. The van der Waals surface area contributed by atoms with Crippen LogP contribution >= 0.6 is 23.7 Å². The van der Waals surface area contributed by atoms with Crippen LogP contribution in [0.25, 0.3) is 0 Å². The van der Waals surface area contributed by atoms with E-state index in [1.165, 1.54) is 35.4 Å². The summed E-state index contributed by atoms with van der Waals surface area (Å²) in [5, 5.41) is 3.88. The minimum Gasteiger partial charge on any atom is -0.302 e. The van der Waals surface area contributed by atoms with Gasteiger partial charge in [-0.1, -0.05) is 49.6 Å². The largest absolute Gasteiger partial charge is 0.302 e. The van der Waals surface area contributed by atoms with Crippen molar-refractivity contribution in [2.75, 3.05) is 11.9 Å². The molecule has 4 rings (SSSR count). The molecule has 0 radical (unpaired) electrons. The number of rotatable bonds is 4. The highest BCUT2D eigenvalue weighted by Crippen LogP contribution is 2.30. The van der Waals surface area contributed by atoms with Crippen molar-refractivity contribution in [1.29, 1.82) is 0 Å². The third-order valence-corrected chi connectivity index (χ3v) is 6.26. The lowest BCUT2D eigenvalue weighted by molar-refractivity contribution is -0.120. The van der Waals surface area contributed by atoms with E-state index in [1.807, 2.05) is 0 Å². The molecule has 1 aliphatic heterocycles. The maximum atomic E-state index is 12.4. The van der Waals surface area contributed by atoms with E-state index in [4.69, 9.17) is 0 Å². The average Bonchev–Trinajstić information content (AvgIpc) is 3.05. The van der Waals surface area contributed by atoms with Crippen LogP contribution < -0.4 is 5.32 Å². The van der Waals surface area contributed by atoms with Gasteiger partial charge in [-0.3, -0.25) is 9.69 Å². The number of nitrogens with one attached hydrogen (secondary N) is 1. The molecule has 2 heterocycles. The molecule has 0 spiro atoms. The molecule has 4 nitrogen and oxygen atoms in total. The zero-order chi connectivity index (χ0) is 17.1. The minimum absolute atomic E-state index is 0. The summed E-state index contributed by atoms with van der Waals surface area (Å²) < 4.78 is 0. The molecule has 0 bridgehead atoms. The van der Waals surface area contributed by atoms with E-state index in [2.05, 4.69) is 45.5 Å². The number of hydrogen-bond donors (Lipinski definition) is 1. The molecular weight excluding hydrogens is 366 g/mol. The molecule has 1 aromatic heterocycles. The molecule has 6 heteroatoms. The number of hydrogen-bond acceptors (Lipinski definition) is 4. The lowest BCUT2D eigenvalue weighted by Gasteiger charge is -2.25. The first kappa shape index (κ1) is 19.3. The predicted molar refractivity (Wildman–Crippen MR) is 109 cm³/mol. The quantitative estimate of drug-likeness (QED) is 0.825. The van der Waals surface area contributed by atoms with Crippen molar-refractivity contribution in [2.24, 2.45) is 5.92 Å². The lowest BCUT2D eigenvalue weighted by Crippen LogP contribution is -2.29. The number of thiazole rings is 1. The summed E-state index contributed by atoms with van der Waals surface area (Å²) >= 11 is 1.66. The Kier molecular flexibility index (Phi) is 6.68. The van der Waals surface area contributed by atoms with Crippen LogP contribution in [0.2, 0.25) is 0 Å². The molecule has 1 N–H and O–H groups in total. The maximum absolute atomic E-state index is 12.4. The monoisotopic (exact) mass is 391 g/mol. The standard InChI is InChI=1S/C20H25N3OS.ClH/c24-19(16-9-5-2-6-10-16)22-20-21-17-11-12-23(14-18(17)25-20)13-15-7-3-1-4-8-15;/h1,3-4,7-8,16H,2,5-6,9-14H2,(H,21,22,24);1H. The molecule has 1 aromatic carbocycles. The maximum Gasteiger partial charge on any atom is 0.229 e. The van der Waals surface area contributed by atoms with Gasteiger partial charge in [0, 0.05) is 36.9 Å². The van der Waals surface area contributed by atoms with E-state index in [0.717, 1.165) is 44.0 Å². The van der Waals surface area contributed by atoms with Gasteiger partial charge in [0.15, 0.2) is 5.13 Å². The van der Waals surface area contributed by atoms with E-state index in [1.54, 1.807) is 11.3 Å². The third-order valence-electron chi connectivity index (χ3n) is 5.27. The number of aromatic nitrogens is 1. The summed E-state index contributed by atoms with van der Waals surface area (Å²) in [6.45, 7) is 2.94. The van der Waals surface area contributed by atoms with E-state index in [0.29, 0.717) is 0 Å². The van der Waals surface area contributed by atoms with Gasteiger partial charge in [-0.2, -0.15) is 0 Å². The summed E-state index contributed by atoms with van der Waals surface area (Å²) in [6.07, 6.45) is 6.66. The fourth-order valence-electron chi connectivity index (χ4n) is 3.85. The molecule has 0 unspecified atom stereocenters. The van der Waals surface area contributed by atoms with Gasteiger partial charge < -0.3 is 5.32 Å². The highest BCUT2D eigenvalue weighted by Gasteiger charge is 2.24. The van der Waals surface area contributed by atoms with Crippen LogP contribution in [-0.4, -0.2) is 22.3 Å². The normalized spacial score (nSPS) is 18.0. The summed E-state index contributed by atoms with van der Waals surface area (Å²) in [4.78, 5) is 20.9. The van der Waals surface area contributed by atoms with Gasteiger partial charge in [0.05, 0.1) is 5.69 Å². The Bertz CT molecular complexity index is 728. The Balaban J connectivity index is 0.00000196. The zero-order valence-corrected chi connectivity index (χ0v) is 16.6. The molecule has 26 heavy (non-hydrogen) atoms. The smallest absolute Gasteiger partial charge is 0.229 e. The first-order valence-electron chi connectivity index (χ1n) is 9.33. The van der Waals surface area contributed by atoms with Crippen molar-refractivity contribution >= 4 is 34.8 Å². The van der Waals surface area contributed by atoms with Crippen molar-refractivity contribution in [3.05, 3.63) is 46.5 Å². The van der Waals surface area contributed by atoms with Crippen LogP contribution in [0.5, 0.6) is 0 Å². The van der Waals surface area contributed by atoms with Gasteiger partial charge in [0.25, 0.3) is 0 Å². The van der Waals surface area contributed by atoms with Gasteiger partial charge in [0.2, 0.25) is 5.91 Å². The topological polar surface area (TPSA) is 45.2 Å². The molecule has 1 aliphatic carbocycles. The third kappa shape index (κ3) is 4.64. The summed E-state index contributed by atoms with van der Waals surface area (Å²) in [6, 6.07) is 10.6. The highest BCUT2D eigenvalue weighted by molar-refractivity contribution is 7.15. The molecule has 2 aliphatic rings. The van der Waals surface area contributed by atoms with Gasteiger partial charge in [-0.05, 0) is 18.4 Å². The second kappa shape index (κ2) is 8.98. The number of carbonyl (C=O) groups is 1. The second-order valence-corrected chi connectivity index (χ2v) is 8.24. The zero-order valence-electron chi connectivity index (χ0n) is 14.9. The fourth-order valence-corrected chi connectivity index (χ4v) is 4.90. The average molecular weight is 392 g/mol. The van der Waals surface area contributed by atoms with Crippen molar-refractivity contribution in [2.45, 2.75) is 51.6 Å². The second-order valence-electron chi connectivity index (χ2n) is 7.16. The first-order chi connectivity index (χ1) is 12.3. The molecule has 2 aromatic rings. The van der Waals surface area contributed by atoms with Crippen LogP contribution in [0.3, 0.4) is 0 Å². The summed E-state index contributed by atoms with van der Waals surface area (Å²) in [7, 11) is 0. The molecule has 0 atom stereocenters. The molecule has 1 amide bonds. The van der Waals surface area contributed by atoms with Crippen LogP contribution in [0.4, 0.5) is 5.13 Å². The number of anilines is 1. The fraction of sp³-hybridized carbons (Fsp3) is 0.500. The Morgan fingerprint density at radius 1 is 1.19 bits per heavy atom. The molecule has 1 saturated carbocycles. The Morgan fingerprint density at radius 3 is 2.73 bits per heavy atom. The molecule has 140 valence electrons. The number of benzene rings is 1. The van der Waals surface area contributed by atoms with Gasteiger partial charge in [-0.25, -0.2) is 4.98 Å². The van der Waals surface area contributed by atoms with Crippen LogP contribution in [-0.2, 0) is 24.3 Å². The number of halogens is 1. The van der Waals surface area contributed by atoms with E-state index in [-0.39, 0.29) is 24.2 Å².